The van der Waals surface area contributed by atoms with Gasteiger partial charge in [-0.1, -0.05) is 6.92 Å². The van der Waals surface area contributed by atoms with Gasteiger partial charge in [-0.25, -0.2) is 0 Å². The average molecular weight is 274 g/mol. The molecule has 1 fully saturated rings. The van der Waals surface area contributed by atoms with E-state index in [-0.39, 0.29) is 11.8 Å². The van der Waals surface area contributed by atoms with E-state index < -0.39 is 11.9 Å². The topological polar surface area (TPSA) is 99.2 Å². The maximum absolute atomic E-state index is 12.3. The van der Waals surface area contributed by atoms with Gasteiger partial charge in [0.05, 0.1) is 5.92 Å². The van der Waals surface area contributed by atoms with Crippen LogP contribution < -0.4 is 0 Å². The number of amides is 1. The van der Waals surface area contributed by atoms with Crippen molar-refractivity contribution >= 4 is 22.9 Å². The second-order valence-electron chi connectivity index (χ2n) is 5.12. The summed E-state index contributed by atoms with van der Waals surface area (Å²) in [7, 11) is 0. The molecule has 1 saturated heterocycles. The maximum Gasteiger partial charge on any atom is 0.306 e. The Morgan fingerprint density at radius 3 is 2.75 bits per heavy atom. The first-order valence-electron chi connectivity index (χ1n) is 6.39. The number of nitrogens with one attached hydrogen (secondary N) is 1. The van der Waals surface area contributed by atoms with Gasteiger partial charge >= 0.3 is 5.97 Å². The molecule has 0 saturated carbocycles. The number of carboxylic acids is 1. The Morgan fingerprint density at radius 1 is 1.35 bits per heavy atom. The van der Waals surface area contributed by atoms with Crippen LogP contribution in [0.5, 0.6) is 0 Å². The number of benzene rings is 1. The third-order valence-electron chi connectivity index (χ3n) is 3.86. The van der Waals surface area contributed by atoms with Gasteiger partial charge in [0.1, 0.15) is 11.0 Å². The summed E-state index contributed by atoms with van der Waals surface area (Å²) in [5.41, 5.74) is 1.90. The summed E-state index contributed by atoms with van der Waals surface area (Å²) in [6.45, 7) is 2.66. The molecule has 2 heterocycles. The number of carbonyl (C=O) groups is 2. The Morgan fingerprint density at radius 2 is 2.05 bits per heavy atom. The molecule has 7 heteroatoms. The summed E-state index contributed by atoms with van der Waals surface area (Å²) in [5, 5.41) is 19.3. The summed E-state index contributed by atoms with van der Waals surface area (Å²) >= 11 is 0. The number of aromatic nitrogens is 3. The Balaban J connectivity index is 1.70. The van der Waals surface area contributed by atoms with Crippen molar-refractivity contribution in [1.29, 1.82) is 0 Å². The first-order valence-corrected chi connectivity index (χ1v) is 6.39. The molecule has 2 aromatic rings. The average Bonchev–Trinajstić information content (AvgIpc) is 2.83. The fourth-order valence-corrected chi connectivity index (χ4v) is 2.35. The number of rotatable bonds is 3. The summed E-state index contributed by atoms with van der Waals surface area (Å²) < 4.78 is 0. The van der Waals surface area contributed by atoms with Gasteiger partial charge < -0.3 is 10.0 Å². The van der Waals surface area contributed by atoms with Crippen LogP contribution in [-0.4, -0.2) is 50.4 Å². The number of aliphatic carboxylic acids is 1. The van der Waals surface area contributed by atoms with E-state index in [0.29, 0.717) is 29.7 Å². The SMILES string of the molecule is CC(C(=O)O)C1CN(C(=O)c2ccc3n[nH]nc3c2)C1. The highest BCUT2D eigenvalue weighted by Gasteiger charge is 2.37. The quantitative estimate of drug-likeness (QED) is 0.860. The van der Waals surface area contributed by atoms with Crippen LogP contribution in [0, 0.1) is 11.8 Å². The number of fused-ring (bicyclic) bond motifs is 1. The molecule has 104 valence electrons. The molecule has 0 radical (unpaired) electrons. The van der Waals surface area contributed by atoms with Crippen molar-refractivity contribution in [2.75, 3.05) is 13.1 Å². The van der Waals surface area contributed by atoms with Crippen LogP contribution in [0.1, 0.15) is 17.3 Å². The van der Waals surface area contributed by atoms with E-state index in [1.807, 2.05) is 0 Å². The molecular weight excluding hydrogens is 260 g/mol. The molecule has 2 N–H and O–H groups in total. The van der Waals surface area contributed by atoms with Crippen molar-refractivity contribution in [3.8, 4) is 0 Å². The van der Waals surface area contributed by atoms with Crippen molar-refractivity contribution in [1.82, 2.24) is 20.3 Å². The molecule has 0 aliphatic carbocycles. The Bertz CT molecular complexity index is 675. The zero-order valence-electron chi connectivity index (χ0n) is 10.9. The number of likely N-dealkylation sites (tertiary alicyclic amines) is 1. The van der Waals surface area contributed by atoms with Gasteiger partial charge in [0, 0.05) is 24.6 Å². The molecule has 1 amide bonds. The van der Waals surface area contributed by atoms with Gasteiger partial charge in [0.25, 0.3) is 5.91 Å². The number of hydrogen-bond acceptors (Lipinski definition) is 4. The Kier molecular flexibility index (Phi) is 2.89. The molecule has 0 spiro atoms. The fraction of sp³-hybridized carbons (Fsp3) is 0.385. The standard InChI is InChI=1S/C13H14N4O3/c1-7(13(19)20)9-5-17(6-9)12(18)8-2-3-10-11(4-8)15-16-14-10/h2-4,7,9H,5-6H2,1H3,(H,19,20)(H,14,15,16). The van der Waals surface area contributed by atoms with E-state index in [4.69, 9.17) is 5.11 Å². The van der Waals surface area contributed by atoms with Gasteiger partial charge in [-0.05, 0) is 18.2 Å². The molecule has 3 rings (SSSR count). The van der Waals surface area contributed by atoms with Crippen molar-refractivity contribution in [3.05, 3.63) is 23.8 Å². The minimum atomic E-state index is -0.814. The summed E-state index contributed by atoms with van der Waals surface area (Å²) in [6, 6.07) is 5.14. The second-order valence-corrected chi connectivity index (χ2v) is 5.12. The maximum atomic E-state index is 12.3. The zero-order valence-corrected chi connectivity index (χ0v) is 10.9. The lowest BCUT2D eigenvalue weighted by Crippen LogP contribution is -2.53. The molecule has 0 bridgehead atoms. The minimum Gasteiger partial charge on any atom is -0.481 e. The molecule has 1 aliphatic heterocycles. The van der Waals surface area contributed by atoms with Crippen LogP contribution >= 0.6 is 0 Å². The Hall–Kier alpha value is -2.44. The van der Waals surface area contributed by atoms with Gasteiger partial charge in [-0.3, -0.25) is 9.59 Å². The molecule has 20 heavy (non-hydrogen) atoms. The zero-order chi connectivity index (χ0) is 14.3. The third kappa shape index (κ3) is 2.01. The first kappa shape index (κ1) is 12.6. The van der Waals surface area contributed by atoms with Crippen LogP contribution in [0.3, 0.4) is 0 Å². The van der Waals surface area contributed by atoms with E-state index in [9.17, 15) is 9.59 Å². The fourth-order valence-electron chi connectivity index (χ4n) is 2.35. The number of nitrogens with zero attached hydrogens (tertiary/aromatic N) is 3. The third-order valence-corrected chi connectivity index (χ3v) is 3.86. The first-order chi connectivity index (χ1) is 9.56. The normalized spacial score (nSPS) is 16.9. The monoisotopic (exact) mass is 274 g/mol. The largest absolute Gasteiger partial charge is 0.481 e. The van der Waals surface area contributed by atoms with E-state index >= 15 is 0 Å². The number of hydrogen-bond donors (Lipinski definition) is 2. The highest BCUT2D eigenvalue weighted by atomic mass is 16.4. The van der Waals surface area contributed by atoms with Crippen LogP contribution in [0.15, 0.2) is 18.2 Å². The van der Waals surface area contributed by atoms with Crippen LogP contribution in [0.4, 0.5) is 0 Å². The number of carbonyl (C=O) groups excluding carboxylic acids is 1. The number of carboxylic acid groups (broad SMARTS) is 1. The van der Waals surface area contributed by atoms with Crippen molar-refractivity contribution in [2.45, 2.75) is 6.92 Å². The van der Waals surface area contributed by atoms with E-state index in [1.54, 1.807) is 30.0 Å². The highest BCUT2D eigenvalue weighted by molar-refractivity contribution is 5.97. The van der Waals surface area contributed by atoms with Gasteiger partial charge in [-0.15, -0.1) is 0 Å². The lowest BCUT2D eigenvalue weighted by Gasteiger charge is -2.41. The molecule has 1 aromatic heterocycles. The van der Waals surface area contributed by atoms with Crippen molar-refractivity contribution in [2.24, 2.45) is 11.8 Å². The second kappa shape index (κ2) is 4.59. The number of aromatic amines is 1. The van der Waals surface area contributed by atoms with E-state index in [1.165, 1.54) is 0 Å². The molecular formula is C13H14N4O3. The van der Waals surface area contributed by atoms with E-state index in [0.717, 1.165) is 0 Å². The van der Waals surface area contributed by atoms with Crippen molar-refractivity contribution < 1.29 is 14.7 Å². The molecule has 7 nitrogen and oxygen atoms in total. The Labute approximate surface area is 114 Å². The van der Waals surface area contributed by atoms with Crippen molar-refractivity contribution in [3.63, 3.8) is 0 Å². The van der Waals surface area contributed by atoms with Gasteiger partial charge in [0.15, 0.2) is 0 Å². The molecule has 1 unspecified atom stereocenters. The molecule has 1 aromatic carbocycles. The predicted octanol–water partition coefficient (Wildman–Crippen LogP) is 0.751. The van der Waals surface area contributed by atoms with Gasteiger partial charge in [0.2, 0.25) is 0 Å². The van der Waals surface area contributed by atoms with Crippen LogP contribution in [-0.2, 0) is 4.79 Å². The molecule has 1 aliphatic rings. The smallest absolute Gasteiger partial charge is 0.306 e. The lowest BCUT2D eigenvalue weighted by atomic mass is 9.86. The summed E-state index contributed by atoms with van der Waals surface area (Å²) in [4.78, 5) is 24.8. The van der Waals surface area contributed by atoms with Crippen LogP contribution in [0.25, 0.3) is 11.0 Å². The minimum absolute atomic E-state index is 0.0345. The molecule has 1 atom stereocenters. The van der Waals surface area contributed by atoms with E-state index in [2.05, 4.69) is 15.4 Å². The number of H-pyrrole nitrogens is 1. The lowest BCUT2D eigenvalue weighted by molar-refractivity contribution is -0.144. The van der Waals surface area contributed by atoms with Gasteiger partial charge in [-0.2, -0.15) is 15.4 Å². The highest BCUT2D eigenvalue weighted by Crippen LogP contribution is 2.26. The summed E-state index contributed by atoms with van der Waals surface area (Å²) in [6.07, 6.45) is 0. The van der Waals surface area contributed by atoms with Crippen LogP contribution in [0.2, 0.25) is 0 Å². The predicted molar refractivity (Wildman–Crippen MR) is 70.1 cm³/mol. The summed E-state index contributed by atoms with van der Waals surface area (Å²) in [5.74, 6) is -1.29.